The lowest BCUT2D eigenvalue weighted by Gasteiger charge is -2.09. The van der Waals surface area contributed by atoms with E-state index in [2.05, 4.69) is 16.9 Å². The van der Waals surface area contributed by atoms with Gasteiger partial charge in [-0.1, -0.05) is 6.58 Å². The maximum Gasteiger partial charge on any atom is 0.0928 e. The van der Waals surface area contributed by atoms with Gasteiger partial charge in [-0.05, 0) is 26.3 Å². The van der Waals surface area contributed by atoms with Crippen LogP contribution in [0.15, 0.2) is 28.7 Å². The molecule has 0 saturated heterocycles. The van der Waals surface area contributed by atoms with Gasteiger partial charge in [0, 0.05) is 18.5 Å². The monoisotopic (exact) mass is 167 g/mol. The summed E-state index contributed by atoms with van der Waals surface area (Å²) < 4.78 is 0. The fourth-order valence-electron chi connectivity index (χ4n) is 0.774. The minimum Gasteiger partial charge on any atom is -0.386 e. The molecule has 3 N–H and O–H groups in total. The summed E-state index contributed by atoms with van der Waals surface area (Å²) in [7, 11) is 1.77. The molecule has 3 nitrogen and oxygen atoms in total. The highest BCUT2D eigenvalue weighted by molar-refractivity contribution is 5.98. The Morgan fingerprint density at radius 1 is 1.33 bits per heavy atom. The zero-order chi connectivity index (χ0) is 9.72. The second kappa shape index (κ2) is 4.59. The molecule has 0 heterocycles. The van der Waals surface area contributed by atoms with Gasteiger partial charge in [0.05, 0.1) is 5.82 Å². The molecule has 0 aromatic heterocycles. The first kappa shape index (κ1) is 10.8. The Morgan fingerprint density at radius 3 is 2.17 bits per heavy atom. The summed E-state index contributed by atoms with van der Waals surface area (Å²) in [4.78, 5) is 4.07. The van der Waals surface area contributed by atoms with Crippen molar-refractivity contribution in [3.05, 3.63) is 23.7 Å². The van der Waals surface area contributed by atoms with Crippen LogP contribution in [0, 0.1) is 0 Å². The molecule has 68 valence electrons. The van der Waals surface area contributed by atoms with Crippen molar-refractivity contribution in [1.82, 2.24) is 5.32 Å². The van der Waals surface area contributed by atoms with E-state index in [4.69, 9.17) is 5.73 Å². The molecule has 3 heteroatoms. The van der Waals surface area contributed by atoms with Gasteiger partial charge in [-0.3, -0.25) is 4.99 Å². The lowest BCUT2D eigenvalue weighted by Crippen LogP contribution is -2.18. The largest absolute Gasteiger partial charge is 0.386 e. The summed E-state index contributed by atoms with van der Waals surface area (Å²) >= 11 is 0. The maximum absolute atomic E-state index is 5.39. The molecule has 0 aliphatic carbocycles. The summed E-state index contributed by atoms with van der Waals surface area (Å²) in [6, 6.07) is 0. The van der Waals surface area contributed by atoms with Gasteiger partial charge in [-0.15, -0.1) is 0 Å². The van der Waals surface area contributed by atoms with Crippen molar-refractivity contribution in [3.63, 3.8) is 0 Å². The first-order chi connectivity index (χ1) is 5.49. The molecule has 0 rings (SSSR count). The second-order valence-corrected chi connectivity index (χ2v) is 2.71. The van der Waals surface area contributed by atoms with Crippen LogP contribution in [0.25, 0.3) is 0 Å². The average molecular weight is 167 g/mol. The molecule has 0 unspecified atom stereocenters. The van der Waals surface area contributed by atoms with Crippen LogP contribution >= 0.6 is 0 Å². The van der Waals surface area contributed by atoms with E-state index in [0.29, 0.717) is 5.82 Å². The molecule has 0 saturated carbocycles. The smallest absolute Gasteiger partial charge is 0.0928 e. The highest BCUT2D eigenvalue weighted by Gasteiger charge is 1.98. The Bertz CT molecular complexity index is 236. The van der Waals surface area contributed by atoms with Gasteiger partial charge >= 0.3 is 0 Å². The molecule has 0 aromatic carbocycles. The van der Waals surface area contributed by atoms with Gasteiger partial charge in [0.2, 0.25) is 0 Å². The molecule has 0 fully saturated rings. The number of nitrogens with zero attached hydrogens (tertiary/aromatic N) is 1. The van der Waals surface area contributed by atoms with Gasteiger partial charge in [0.15, 0.2) is 0 Å². The molecule has 0 bridgehead atoms. The Morgan fingerprint density at radius 2 is 1.83 bits per heavy atom. The number of nitrogens with one attached hydrogen (secondary N) is 1. The van der Waals surface area contributed by atoms with Crippen molar-refractivity contribution in [2.45, 2.75) is 20.8 Å². The Hall–Kier alpha value is -1.25. The van der Waals surface area contributed by atoms with Crippen molar-refractivity contribution in [2.75, 3.05) is 7.05 Å². The third-order valence-corrected chi connectivity index (χ3v) is 1.79. The average Bonchev–Trinajstić information content (AvgIpc) is 2.00. The molecule has 0 aliphatic heterocycles. The minimum atomic E-state index is 0.454. The number of aliphatic imine (C=N–C) groups is 1. The summed E-state index contributed by atoms with van der Waals surface area (Å²) in [5.41, 5.74) is 8.49. The van der Waals surface area contributed by atoms with Gasteiger partial charge in [0.25, 0.3) is 0 Å². The third kappa shape index (κ3) is 3.23. The molecule has 12 heavy (non-hydrogen) atoms. The van der Waals surface area contributed by atoms with Crippen LogP contribution in [0.4, 0.5) is 0 Å². The fourth-order valence-corrected chi connectivity index (χ4v) is 0.774. The number of hydrogen-bond donors (Lipinski definition) is 2. The normalized spacial score (nSPS) is 13.8. The van der Waals surface area contributed by atoms with Crippen LogP contribution in [0.1, 0.15) is 20.8 Å². The second-order valence-electron chi connectivity index (χ2n) is 2.71. The molecule has 0 aromatic rings. The summed E-state index contributed by atoms with van der Waals surface area (Å²) in [5, 5.41) is 2.94. The first-order valence-electron chi connectivity index (χ1n) is 3.81. The van der Waals surface area contributed by atoms with Crippen molar-refractivity contribution < 1.29 is 0 Å². The molecule has 0 amide bonds. The Kier molecular flexibility index (Phi) is 4.11. The van der Waals surface area contributed by atoms with Crippen molar-refractivity contribution in [2.24, 2.45) is 10.7 Å². The molecular formula is C9H17N3. The summed E-state index contributed by atoms with van der Waals surface area (Å²) in [6.45, 7) is 9.45. The van der Waals surface area contributed by atoms with E-state index >= 15 is 0 Å². The number of nitrogens with two attached hydrogens (primary N) is 1. The summed E-state index contributed by atoms with van der Waals surface area (Å²) in [5.74, 6) is 0.454. The predicted molar refractivity (Wildman–Crippen MR) is 53.9 cm³/mol. The van der Waals surface area contributed by atoms with Gasteiger partial charge in [-0.2, -0.15) is 0 Å². The van der Waals surface area contributed by atoms with E-state index < -0.39 is 0 Å². The van der Waals surface area contributed by atoms with Crippen LogP contribution in [0.3, 0.4) is 0 Å². The van der Waals surface area contributed by atoms with Crippen molar-refractivity contribution in [1.29, 1.82) is 0 Å². The van der Waals surface area contributed by atoms with E-state index in [1.165, 1.54) is 0 Å². The Labute approximate surface area is 74.1 Å². The predicted octanol–water partition coefficient (Wildman–Crippen LogP) is 1.39. The number of rotatable bonds is 3. The topological polar surface area (TPSA) is 50.4 Å². The first-order valence-corrected chi connectivity index (χ1v) is 3.81. The molecule has 0 aliphatic rings. The molecule has 0 atom stereocenters. The fraction of sp³-hybridized carbons (Fsp3) is 0.444. The van der Waals surface area contributed by atoms with Crippen LogP contribution in [-0.2, 0) is 0 Å². The van der Waals surface area contributed by atoms with Gasteiger partial charge in [0.1, 0.15) is 0 Å². The highest BCUT2D eigenvalue weighted by Crippen LogP contribution is 2.02. The van der Waals surface area contributed by atoms with Crippen LogP contribution in [-0.4, -0.2) is 12.8 Å². The SMILES string of the molecule is C=C(N)N/C(C)=C(\C)C(C)=NC. The van der Waals surface area contributed by atoms with E-state index in [1.807, 2.05) is 20.8 Å². The van der Waals surface area contributed by atoms with Crippen molar-refractivity contribution >= 4 is 5.71 Å². The van der Waals surface area contributed by atoms with E-state index in [-0.39, 0.29) is 0 Å². The van der Waals surface area contributed by atoms with Crippen LogP contribution in [0.2, 0.25) is 0 Å². The summed E-state index contributed by atoms with van der Waals surface area (Å²) in [6.07, 6.45) is 0. The quantitative estimate of drug-likeness (QED) is 0.624. The number of allylic oxidation sites excluding steroid dienone is 2. The highest BCUT2D eigenvalue weighted by atomic mass is 15.0. The van der Waals surface area contributed by atoms with Crippen LogP contribution < -0.4 is 11.1 Å². The van der Waals surface area contributed by atoms with Crippen LogP contribution in [0.5, 0.6) is 0 Å². The van der Waals surface area contributed by atoms with Gasteiger partial charge < -0.3 is 11.1 Å². The van der Waals surface area contributed by atoms with E-state index in [9.17, 15) is 0 Å². The van der Waals surface area contributed by atoms with Gasteiger partial charge in [-0.25, -0.2) is 0 Å². The maximum atomic E-state index is 5.39. The molecule has 0 radical (unpaired) electrons. The van der Waals surface area contributed by atoms with Crippen molar-refractivity contribution in [3.8, 4) is 0 Å². The molecule has 0 spiro atoms. The third-order valence-electron chi connectivity index (χ3n) is 1.79. The standard InChI is InChI=1S/C9H17N3/c1-6(7(2)11-5)8(3)12-9(4)10/h12H,4,10H2,1-3,5H3/b8-6+,11-7?. The zero-order valence-corrected chi connectivity index (χ0v) is 8.23. The zero-order valence-electron chi connectivity index (χ0n) is 8.23. The number of hydrogen-bond acceptors (Lipinski definition) is 3. The lowest BCUT2D eigenvalue weighted by atomic mass is 10.1. The van der Waals surface area contributed by atoms with E-state index in [1.54, 1.807) is 7.05 Å². The minimum absolute atomic E-state index is 0.454. The lowest BCUT2D eigenvalue weighted by molar-refractivity contribution is 0.941. The molecular weight excluding hydrogens is 150 g/mol. The Balaban J connectivity index is 4.57. The van der Waals surface area contributed by atoms with E-state index in [0.717, 1.165) is 17.0 Å².